The lowest BCUT2D eigenvalue weighted by Gasteiger charge is -2.39. The Morgan fingerprint density at radius 3 is 2.23 bits per heavy atom. The van der Waals surface area contributed by atoms with Gasteiger partial charge in [-0.15, -0.1) is 0 Å². The van der Waals surface area contributed by atoms with Gasteiger partial charge >= 0.3 is 0 Å². The Morgan fingerprint density at radius 1 is 1.09 bits per heavy atom. The van der Waals surface area contributed by atoms with Crippen molar-refractivity contribution in [3.8, 4) is 0 Å². The largest absolute Gasteiger partial charge is 0.394 e. The fourth-order valence-electron chi connectivity index (χ4n) is 4.48. The third kappa shape index (κ3) is 9.20. The Labute approximate surface area is 211 Å². The third-order valence-corrected chi connectivity index (χ3v) is 6.71. The lowest BCUT2D eigenvalue weighted by molar-refractivity contribution is -0.140. The van der Waals surface area contributed by atoms with Gasteiger partial charge in [-0.05, 0) is 52.0 Å². The number of hydrogen-bond donors (Lipinski definition) is 4. The zero-order valence-corrected chi connectivity index (χ0v) is 22.9. The van der Waals surface area contributed by atoms with E-state index in [2.05, 4.69) is 29.4 Å². The van der Waals surface area contributed by atoms with E-state index in [1.807, 2.05) is 27.7 Å². The number of nitrogens with one attached hydrogen (secondary N) is 2. The maximum atomic E-state index is 13.6. The molecule has 4 N–H and O–H groups in total. The average Bonchev–Trinajstić information content (AvgIpc) is 2.82. The van der Waals surface area contributed by atoms with Gasteiger partial charge in [0.2, 0.25) is 17.7 Å². The van der Waals surface area contributed by atoms with Crippen LogP contribution in [0.1, 0.15) is 67.7 Å². The highest BCUT2D eigenvalue weighted by atomic mass is 16.3. The van der Waals surface area contributed by atoms with E-state index < -0.39 is 18.8 Å². The summed E-state index contributed by atoms with van der Waals surface area (Å²) in [6.45, 7) is 14.0. The van der Waals surface area contributed by atoms with E-state index >= 15 is 0 Å². The van der Waals surface area contributed by atoms with Crippen LogP contribution in [0.3, 0.4) is 0 Å². The lowest BCUT2D eigenvalue weighted by Crippen LogP contribution is -2.58. The number of rotatable bonds is 12. The summed E-state index contributed by atoms with van der Waals surface area (Å²) < 4.78 is 0. The first kappa shape index (κ1) is 31.1. The van der Waals surface area contributed by atoms with E-state index in [1.54, 1.807) is 24.9 Å². The van der Waals surface area contributed by atoms with Crippen molar-refractivity contribution in [3.05, 3.63) is 11.6 Å². The molecule has 1 rings (SSSR count). The van der Waals surface area contributed by atoms with Crippen molar-refractivity contribution >= 4 is 17.7 Å². The molecule has 1 aliphatic rings. The van der Waals surface area contributed by atoms with E-state index in [0.29, 0.717) is 5.57 Å². The summed E-state index contributed by atoms with van der Waals surface area (Å²) in [5.74, 6) is -0.754. The summed E-state index contributed by atoms with van der Waals surface area (Å²) in [6, 6.07) is -1.02. The molecule has 1 heterocycles. The minimum Gasteiger partial charge on any atom is -0.394 e. The van der Waals surface area contributed by atoms with Crippen LogP contribution in [0.15, 0.2) is 11.6 Å². The molecule has 0 bridgehead atoms. The Morgan fingerprint density at radius 2 is 1.71 bits per heavy atom. The molecule has 4 atom stereocenters. The number of piperidine rings is 1. The molecule has 3 amide bonds. The van der Waals surface area contributed by atoms with Crippen LogP contribution >= 0.6 is 0 Å². The number of likely N-dealkylation sites (N-methyl/N-ethyl adjacent to an activating group) is 1. The van der Waals surface area contributed by atoms with Crippen LogP contribution in [0.5, 0.6) is 0 Å². The summed E-state index contributed by atoms with van der Waals surface area (Å²) in [4.78, 5) is 43.1. The number of aliphatic hydroxyl groups is 2. The van der Waals surface area contributed by atoms with Gasteiger partial charge in [-0.25, -0.2) is 0 Å². The first-order valence-electron chi connectivity index (χ1n) is 12.9. The number of hydrogen-bond acceptors (Lipinski definition) is 6. The monoisotopic (exact) mass is 496 g/mol. The van der Waals surface area contributed by atoms with E-state index in [4.69, 9.17) is 5.11 Å². The molecule has 9 nitrogen and oxygen atoms in total. The smallest absolute Gasteiger partial charge is 0.246 e. The molecule has 202 valence electrons. The van der Waals surface area contributed by atoms with Crippen LogP contribution in [-0.2, 0) is 14.4 Å². The first-order valence-corrected chi connectivity index (χ1v) is 12.9. The van der Waals surface area contributed by atoms with E-state index in [-0.39, 0.29) is 54.2 Å². The minimum atomic E-state index is -1.02. The van der Waals surface area contributed by atoms with E-state index in [1.165, 1.54) is 0 Å². The van der Waals surface area contributed by atoms with E-state index in [9.17, 15) is 19.5 Å². The number of carbonyl (C=O) groups excluding carboxylic acids is 3. The van der Waals surface area contributed by atoms with Gasteiger partial charge in [0.1, 0.15) is 6.04 Å². The van der Waals surface area contributed by atoms with Crippen LogP contribution in [0, 0.1) is 11.8 Å². The summed E-state index contributed by atoms with van der Waals surface area (Å²) in [5.41, 5.74) is 0.411. The molecule has 9 heteroatoms. The third-order valence-electron chi connectivity index (χ3n) is 6.71. The Kier molecular flexibility index (Phi) is 12.9. The van der Waals surface area contributed by atoms with Crippen molar-refractivity contribution in [1.29, 1.82) is 0 Å². The maximum Gasteiger partial charge on any atom is 0.246 e. The quantitative estimate of drug-likeness (QED) is 0.302. The van der Waals surface area contributed by atoms with Crippen molar-refractivity contribution < 1.29 is 24.6 Å². The Hall–Kier alpha value is -1.97. The summed E-state index contributed by atoms with van der Waals surface area (Å²) in [7, 11) is 1.70. The predicted molar refractivity (Wildman–Crippen MR) is 138 cm³/mol. The zero-order chi connectivity index (χ0) is 26.9. The number of nitrogens with zero attached hydrogens (tertiary/aromatic N) is 2. The molecule has 0 aliphatic carbocycles. The minimum absolute atomic E-state index is 0.0213. The van der Waals surface area contributed by atoms with Crippen LogP contribution in [0.25, 0.3) is 0 Å². The molecule has 1 saturated heterocycles. The molecule has 35 heavy (non-hydrogen) atoms. The maximum absolute atomic E-state index is 13.6. The van der Waals surface area contributed by atoms with Gasteiger partial charge in [0, 0.05) is 25.2 Å². The molecule has 1 aliphatic heterocycles. The fraction of sp³-hybridized carbons (Fsp3) is 0.808. The molecule has 0 saturated carbocycles. The zero-order valence-electron chi connectivity index (χ0n) is 22.9. The van der Waals surface area contributed by atoms with Gasteiger partial charge in [0.05, 0.1) is 24.8 Å². The SMILES string of the molecule is C/C(=C\[C@H](C(C)C)N(C)C(=O)[C@@H](NC(=O)C1CCCCN1C(C)C)C(C)C)C(=O)NC[C@H](O)CO. The summed E-state index contributed by atoms with van der Waals surface area (Å²) in [6.07, 6.45) is 3.58. The molecule has 0 aromatic carbocycles. The van der Waals surface area contributed by atoms with Crippen molar-refractivity contribution in [2.24, 2.45) is 11.8 Å². The molecule has 0 aromatic rings. The highest BCUT2D eigenvalue weighted by Gasteiger charge is 2.36. The van der Waals surface area contributed by atoms with Crippen molar-refractivity contribution in [3.63, 3.8) is 0 Å². The highest BCUT2D eigenvalue weighted by Crippen LogP contribution is 2.21. The number of carbonyl (C=O) groups is 3. The van der Waals surface area contributed by atoms with Crippen LogP contribution < -0.4 is 10.6 Å². The standard InChI is InChI=1S/C26H48N4O5/c1-16(2)22(13-19(7)24(33)27-14-20(32)15-31)29(8)26(35)23(17(3)4)28-25(34)21-11-9-10-12-30(21)18(5)6/h13,16-18,20-23,31-32H,9-12,14-15H2,1-8H3,(H,27,33)(H,28,34)/b19-13+/t20-,21?,22+,23-/m0/s1. The fourth-order valence-corrected chi connectivity index (χ4v) is 4.48. The normalized spacial score (nSPS) is 20.0. The van der Waals surface area contributed by atoms with Gasteiger partial charge in [0.25, 0.3) is 0 Å². The second-order valence-electron chi connectivity index (χ2n) is 10.7. The second-order valence-corrected chi connectivity index (χ2v) is 10.7. The van der Waals surface area contributed by atoms with Crippen LogP contribution in [-0.4, -0.2) is 94.7 Å². The van der Waals surface area contributed by atoms with Gasteiger partial charge in [-0.1, -0.05) is 40.2 Å². The number of likely N-dealkylation sites (tertiary alicyclic amines) is 1. The van der Waals surface area contributed by atoms with Crippen molar-refractivity contribution in [2.45, 2.75) is 98.0 Å². The molecular formula is C26H48N4O5. The molecule has 1 fully saturated rings. The summed E-state index contributed by atoms with van der Waals surface area (Å²) >= 11 is 0. The average molecular weight is 497 g/mol. The van der Waals surface area contributed by atoms with Gasteiger partial charge in [-0.2, -0.15) is 0 Å². The van der Waals surface area contributed by atoms with Gasteiger partial charge in [-0.3, -0.25) is 19.3 Å². The summed E-state index contributed by atoms with van der Waals surface area (Å²) in [5, 5.41) is 24.0. The lowest BCUT2D eigenvalue weighted by atomic mass is 9.95. The molecular weight excluding hydrogens is 448 g/mol. The number of amides is 3. The molecule has 0 radical (unpaired) electrons. The molecule has 0 aromatic heterocycles. The highest BCUT2D eigenvalue weighted by molar-refractivity contribution is 5.93. The van der Waals surface area contributed by atoms with Crippen LogP contribution in [0.2, 0.25) is 0 Å². The van der Waals surface area contributed by atoms with Crippen molar-refractivity contribution in [2.75, 3.05) is 26.7 Å². The Balaban J connectivity index is 3.02. The van der Waals surface area contributed by atoms with Gasteiger partial charge < -0.3 is 25.7 Å². The van der Waals surface area contributed by atoms with Crippen molar-refractivity contribution in [1.82, 2.24) is 20.4 Å². The van der Waals surface area contributed by atoms with E-state index in [0.717, 1.165) is 25.8 Å². The second kappa shape index (κ2) is 14.6. The van der Waals surface area contributed by atoms with Crippen LogP contribution in [0.4, 0.5) is 0 Å². The van der Waals surface area contributed by atoms with Gasteiger partial charge in [0.15, 0.2) is 0 Å². The number of aliphatic hydroxyl groups excluding tert-OH is 2. The Bertz CT molecular complexity index is 737. The first-order chi connectivity index (χ1) is 16.3. The molecule has 0 spiro atoms. The molecule has 1 unspecified atom stereocenters. The topological polar surface area (TPSA) is 122 Å². The predicted octanol–water partition coefficient (Wildman–Crippen LogP) is 1.29.